The fourth-order valence-corrected chi connectivity index (χ4v) is 1.79. The summed E-state index contributed by atoms with van der Waals surface area (Å²) < 4.78 is 0. The number of para-hydroxylation sites is 1. The molecule has 0 amide bonds. The van der Waals surface area contributed by atoms with Crippen molar-refractivity contribution in [2.24, 2.45) is 5.10 Å². The molecule has 2 rings (SSSR count). The highest BCUT2D eigenvalue weighted by Crippen LogP contribution is 2.12. The zero-order valence-corrected chi connectivity index (χ0v) is 11.5. The minimum absolute atomic E-state index is 0.153. The van der Waals surface area contributed by atoms with Crippen LogP contribution in [0.3, 0.4) is 0 Å². The maximum atomic E-state index is 8.91. The van der Waals surface area contributed by atoms with Crippen molar-refractivity contribution < 1.29 is 5.11 Å². The summed E-state index contributed by atoms with van der Waals surface area (Å²) in [6.45, 7) is 0.781. The van der Waals surface area contributed by atoms with Gasteiger partial charge in [-0.25, -0.2) is 0 Å². The van der Waals surface area contributed by atoms with E-state index in [4.69, 9.17) is 5.11 Å². The van der Waals surface area contributed by atoms with E-state index in [0.29, 0.717) is 6.54 Å². The fraction of sp³-hybridized carbons (Fsp3) is 0.188. The van der Waals surface area contributed by atoms with Crippen molar-refractivity contribution in [3.8, 4) is 0 Å². The van der Waals surface area contributed by atoms with Gasteiger partial charge in [-0.2, -0.15) is 5.10 Å². The highest BCUT2D eigenvalue weighted by molar-refractivity contribution is 5.80. The number of nitrogens with one attached hydrogen (secondary N) is 1. The van der Waals surface area contributed by atoms with Gasteiger partial charge in [-0.05, 0) is 29.8 Å². The minimum Gasteiger partial charge on any atom is -0.395 e. The van der Waals surface area contributed by atoms with E-state index in [2.05, 4.69) is 10.5 Å². The molecule has 0 aromatic heterocycles. The highest BCUT2D eigenvalue weighted by Gasteiger charge is 1.98. The van der Waals surface area contributed by atoms with Crippen LogP contribution in [0.15, 0.2) is 59.7 Å². The molecule has 2 N–H and O–H groups in total. The summed E-state index contributed by atoms with van der Waals surface area (Å²) in [6, 6.07) is 17.8. The summed E-state index contributed by atoms with van der Waals surface area (Å²) >= 11 is 0. The number of aliphatic hydroxyl groups excluding tert-OH is 1. The second-order valence-corrected chi connectivity index (χ2v) is 4.47. The van der Waals surface area contributed by atoms with Crippen molar-refractivity contribution in [1.82, 2.24) is 0 Å². The third-order valence-corrected chi connectivity index (χ3v) is 2.95. The van der Waals surface area contributed by atoms with Crippen molar-refractivity contribution in [1.29, 1.82) is 0 Å². The Kier molecular flexibility index (Phi) is 5.15. The Bertz CT molecular complexity index is 537. The van der Waals surface area contributed by atoms with E-state index in [0.717, 1.165) is 16.9 Å². The summed E-state index contributed by atoms with van der Waals surface area (Å²) in [6.07, 6.45) is 1.78. The van der Waals surface area contributed by atoms with Crippen molar-refractivity contribution in [2.45, 2.75) is 0 Å². The van der Waals surface area contributed by atoms with Gasteiger partial charge in [0.1, 0.15) is 0 Å². The van der Waals surface area contributed by atoms with Crippen LogP contribution >= 0.6 is 0 Å². The monoisotopic (exact) mass is 269 g/mol. The van der Waals surface area contributed by atoms with Crippen LogP contribution < -0.4 is 10.3 Å². The van der Waals surface area contributed by atoms with Crippen LogP contribution in [0.4, 0.5) is 11.4 Å². The first-order chi connectivity index (χ1) is 9.79. The molecular weight excluding hydrogens is 250 g/mol. The van der Waals surface area contributed by atoms with E-state index < -0.39 is 0 Å². The molecule has 0 spiro atoms. The largest absolute Gasteiger partial charge is 0.395 e. The summed E-state index contributed by atoms with van der Waals surface area (Å²) in [5.41, 5.74) is 6.04. The predicted octanol–water partition coefficient (Wildman–Crippen LogP) is 2.56. The molecule has 0 heterocycles. The van der Waals surface area contributed by atoms with Crippen molar-refractivity contribution in [2.75, 3.05) is 30.5 Å². The number of hydrazone groups is 1. The van der Waals surface area contributed by atoms with E-state index in [1.165, 1.54) is 0 Å². The first-order valence-corrected chi connectivity index (χ1v) is 6.56. The lowest BCUT2D eigenvalue weighted by molar-refractivity contribution is 0.304. The number of hydrogen-bond donors (Lipinski definition) is 2. The molecule has 0 aliphatic rings. The van der Waals surface area contributed by atoms with Crippen molar-refractivity contribution >= 4 is 17.6 Å². The molecule has 20 heavy (non-hydrogen) atoms. The molecule has 2 aromatic carbocycles. The average Bonchev–Trinajstić information content (AvgIpc) is 2.49. The van der Waals surface area contributed by atoms with Gasteiger partial charge in [-0.1, -0.05) is 30.3 Å². The fourth-order valence-electron chi connectivity index (χ4n) is 1.79. The molecule has 0 aliphatic carbocycles. The van der Waals surface area contributed by atoms with Gasteiger partial charge in [0, 0.05) is 19.3 Å². The second kappa shape index (κ2) is 7.31. The minimum atomic E-state index is 0.153. The number of aliphatic hydroxyl groups is 1. The quantitative estimate of drug-likeness (QED) is 0.626. The van der Waals surface area contributed by atoms with E-state index >= 15 is 0 Å². The van der Waals surface area contributed by atoms with Crippen LogP contribution in [0, 0.1) is 0 Å². The Hall–Kier alpha value is -2.33. The van der Waals surface area contributed by atoms with Gasteiger partial charge in [0.25, 0.3) is 0 Å². The highest BCUT2D eigenvalue weighted by atomic mass is 16.3. The zero-order chi connectivity index (χ0) is 14.2. The Balaban J connectivity index is 1.93. The third-order valence-electron chi connectivity index (χ3n) is 2.95. The number of anilines is 2. The number of rotatable bonds is 6. The van der Waals surface area contributed by atoms with Gasteiger partial charge in [0.05, 0.1) is 18.5 Å². The third kappa shape index (κ3) is 4.10. The first kappa shape index (κ1) is 14.1. The summed E-state index contributed by atoms with van der Waals surface area (Å²) in [7, 11) is 1.95. The zero-order valence-electron chi connectivity index (χ0n) is 11.5. The van der Waals surface area contributed by atoms with Gasteiger partial charge < -0.3 is 10.0 Å². The normalized spacial score (nSPS) is 10.7. The summed E-state index contributed by atoms with van der Waals surface area (Å²) in [5, 5.41) is 13.1. The molecule has 0 saturated heterocycles. The molecule has 0 unspecified atom stereocenters. The van der Waals surface area contributed by atoms with Crippen LogP contribution in [-0.2, 0) is 0 Å². The molecule has 2 aromatic rings. The van der Waals surface area contributed by atoms with E-state index in [9.17, 15) is 0 Å². The molecule has 0 atom stereocenters. The van der Waals surface area contributed by atoms with Crippen LogP contribution in [0.5, 0.6) is 0 Å². The number of nitrogens with zero attached hydrogens (tertiary/aromatic N) is 2. The van der Waals surface area contributed by atoms with E-state index in [-0.39, 0.29) is 6.61 Å². The molecule has 0 fully saturated rings. The Labute approximate surface area is 119 Å². The molecule has 4 heteroatoms. The molecular formula is C16H19N3O. The van der Waals surface area contributed by atoms with Gasteiger partial charge in [0.2, 0.25) is 0 Å². The molecule has 0 aliphatic heterocycles. The topological polar surface area (TPSA) is 47.9 Å². The smallest absolute Gasteiger partial charge is 0.0606 e. The lowest BCUT2D eigenvalue weighted by Gasteiger charge is -2.17. The second-order valence-electron chi connectivity index (χ2n) is 4.47. The lowest BCUT2D eigenvalue weighted by atomic mass is 10.2. The summed E-state index contributed by atoms with van der Waals surface area (Å²) in [4.78, 5) is 2.00. The maximum absolute atomic E-state index is 8.91. The summed E-state index contributed by atoms with van der Waals surface area (Å²) in [5.74, 6) is 0. The predicted molar refractivity (Wildman–Crippen MR) is 84.5 cm³/mol. The van der Waals surface area contributed by atoms with E-state index in [1.807, 2.05) is 66.5 Å². The molecule has 0 radical (unpaired) electrons. The van der Waals surface area contributed by atoms with E-state index in [1.54, 1.807) is 6.21 Å². The average molecular weight is 269 g/mol. The molecule has 0 saturated carbocycles. The van der Waals surface area contributed by atoms with Crippen molar-refractivity contribution in [3.05, 3.63) is 60.2 Å². The van der Waals surface area contributed by atoms with Crippen LogP contribution in [-0.4, -0.2) is 31.5 Å². The van der Waals surface area contributed by atoms with Gasteiger partial charge >= 0.3 is 0 Å². The molecule has 4 nitrogen and oxygen atoms in total. The Morgan fingerprint density at radius 1 is 1.10 bits per heavy atom. The van der Waals surface area contributed by atoms with Crippen LogP contribution in [0.1, 0.15) is 5.56 Å². The first-order valence-electron chi connectivity index (χ1n) is 6.56. The number of hydrogen-bond acceptors (Lipinski definition) is 4. The van der Waals surface area contributed by atoms with Crippen molar-refractivity contribution in [3.63, 3.8) is 0 Å². The molecule has 0 bridgehead atoms. The Morgan fingerprint density at radius 2 is 1.80 bits per heavy atom. The van der Waals surface area contributed by atoms with Gasteiger partial charge in [-0.3, -0.25) is 5.43 Å². The standard InChI is InChI=1S/C16H19N3O/c1-19(11-12-20)16-9-7-14(8-10-16)13-17-18-15-5-3-2-4-6-15/h2-10,13,18,20H,11-12H2,1H3. The molecule has 104 valence electrons. The number of benzene rings is 2. The van der Waals surface area contributed by atoms with Crippen LogP contribution in [0.2, 0.25) is 0 Å². The Morgan fingerprint density at radius 3 is 2.45 bits per heavy atom. The van der Waals surface area contributed by atoms with Crippen LogP contribution in [0.25, 0.3) is 0 Å². The number of likely N-dealkylation sites (N-methyl/N-ethyl adjacent to an activating group) is 1. The lowest BCUT2D eigenvalue weighted by Crippen LogP contribution is -2.20. The maximum Gasteiger partial charge on any atom is 0.0606 e. The SMILES string of the molecule is CN(CCO)c1ccc(C=NNc2ccccc2)cc1. The van der Waals surface area contributed by atoms with Gasteiger partial charge in [-0.15, -0.1) is 0 Å². The van der Waals surface area contributed by atoms with Gasteiger partial charge in [0.15, 0.2) is 0 Å².